The van der Waals surface area contributed by atoms with Crippen molar-refractivity contribution in [3.05, 3.63) is 66.0 Å². The first-order chi connectivity index (χ1) is 16.4. The molecule has 0 bridgehead atoms. The Labute approximate surface area is 198 Å². The molecular formula is C26H29N5O3. The average molecular weight is 460 g/mol. The minimum absolute atomic E-state index is 0.0470. The minimum atomic E-state index is -0.503. The molecule has 2 heterocycles. The molecule has 8 heteroatoms. The van der Waals surface area contributed by atoms with Crippen LogP contribution in [0.25, 0.3) is 17.0 Å². The van der Waals surface area contributed by atoms with E-state index >= 15 is 0 Å². The van der Waals surface area contributed by atoms with Gasteiger partial charge in [-0.1, -0.05) is 31.5 Å². The number of phenols is 1. The molecule has 2 aromatic carbocycles. The molecule has 3 N–H and O–H groups in total. The molecule has 3 aromatic rings. The van der Waals surface area contributed by atoms with Gasteiger partial charge in [-0.2, -0.15) is 0 Å². The van der Waals surface area contributed by atoms with Gasteiger partial charge in [0.05, 0.1) is 5.52 Å². The predicted octanol–water partition coefficient (Wildman–Crippen LogP) is 3.36. The third kappa shape index (κ3) is 4.85. The minimum Gasteiger partial charge on any atom is -0.508 e. The van der Waals surface area contributed by atoms with Gasteiger partial charge in [0.2, 0.25) is 11.8 Å². The van der Waals surface area contributed by atoms with Crippen LogP contribution in [0.5, 0.6) is 5.75 Å². The molecule has 0 spiro atoms. The van der Waals surface area contributed by atoms with Crippen LogP contribution in [-0.2, 0) is 16.1 Å². The molecule has 1 aliphatic heterocycles. The zero-order chi connectivity index (χ0) is 24.2. The van der Waals surface area contributed by atoms with Crippen molar-refractivity contribution in [1.82, 2.24) is 19.8 Å². The molecule has 2 atom stereocenters. The zero-order valence-corrected chi connectivity index (χ0v) is 19.4. The van der Waals surface area contributed by atoms with Crippen LogP contribution in [0.15, 0.2) is 54.9 Å². The van der Waals surface area contributed by atoms with Gasteiger partial charge in [-0.3, -0.25) is 9.59 Å². The van der Waals surface area contributed by atoms with Gasteiger partial charge in [0.1, 0.15) is 23.9 Å². The normalized spacial score (nSPS) is 18.7. The van der Waals surface area contributed by atoms with E-state index in [1.807, 2.05) is 36.9 Å². The first kappa shape index (κ1) is 23.2. The van der Waals surface area contributed by atoms with E-state index in [0.29, 0.717) is 25.3 Å². The lowest BCUT2D eigenvalue weighted by Gasteiger charge is -2.44. The van der Waals surface area contributed by atoms with Gasteiger partial charge in [-0.15, -0.1) is 0 Å². The smallest absolute Gasteiger partial charge is 0.247 e. The van der Waals surface area contributed by atoms with Gasteiger partial charge in [0, 0.05) is 30.6 Å². The Bertz CT molecular complexity index is 1220. The van der Waals surface area contributed by atoms with E-state index in [2.05, 4.69) is 9.97 Å². The highest BCUT2D eigenvalue weighted by atomic mass is 16.3. The molecule has 8 nitrogen and oxygen atoms in total. The molecule has 0 saturated carbocycles. The highest BCUT2D eigenvalue weighted by Gasteiger charge is 2.39. The Kier molecular flexibility index (Phi) is 6.77. The van der Waals surface area contributed by atoms with Crippen LogP contribution in [-0.4, -0.2) is 55.3 Å². The van der Waals surface area contributed by atoms with Crippen molar-refractivity contribution < 1.29 is 14.7 Å². The molecule has 1 aliphatic rings. The van der Waals surface area contributed by atoms with Crippen molar-refractivity contribution in [3.8, 4) is 5.75 Å². The summed E-state index contributed by atoms with van der Waals surface area (Å²) in [5, 5.41) is 10.2. The number of benzene rings is 2. The topological polar surface area (TPSA) is 113 Å². The van der Waals surface area contributed by atoms with E-state index in [4.69, 9.17) is 5.73 Å². The maximum Gasteiger partial charge on any atom is 0.247 e. The number of hydrogen-bond acceptors (Lipinski definition) is 6. The Morgan fingerprint density at radius 2 is 1.97 bits per heavy atom. The Morgan fingerprint density at radius 1 is 1.21 bits per heavy atom. The fourth-order valence-corrected chi connectivity index (χ4v) is 4.35. The quantitative estimate of drug-likeness (QED) is 0.547. The van der Waals surface area contributed by atoms with E-state index in [0.717, 1.165) is 28.5 Å². The molecule has 0 aliphatic carbocycles. The summed E-state index contributed by atoms with van der Waals surface area (Å²) in [6.45, 7) is 4.87. The number of nitrogen functional groups attached to an aromatic ring is 1. The molecular weight excluding hydrogens is 430 g/mol. The lowest BCUT2D eigenvalue weighted by Crippen LogP contribution is -2.61. The summed E-state index contributed by atoms with van der Waals surface area (Å²) in [6.07, 6.45) is 6.02. The second kappa shape index (κ2) is 9.91. The first-order valence-corrected chi connectivity index (χ1v) is 11.4. The molecule has 4 rings (SSSR count). The van der Waals surface area contributed by atoms with Crippen LogP contribution in [0.3, 0.4) is 0 Å². The van der Waals surface area contributed by atoms with Crippen molar-refractivity contribution >= 4 is 34.6 Å². The van der Waals surface area contributed by atoms with Gasteiger partial charge in [-0.05, 0) is 54.8 Å². The summed E-state index contributed by atoms with van der Waals surface area (Å²) >= 11 is 0. The number of anilines is 1. The Balaban J connectivity index is 1.52. The number of piperazine rings is 1. The van der Waals surface area contributed by atoms with Gasteiger partial charge in [-0.25, -0.2) is 9.97 Å². The third-order valence-corrected chi connectivity index (χ3v) is 6.18. The summed E-state index contributed by atoms with van der Waals surface area (Å²) in [4.78, 5) is 38.4. The number of nitrogens with two attached hydrogens (primary N) is 1. The molecule has 0 unspecified atom stereocenters. The number of amides is 2. The number of hydrogen-bond donors (Lipinski definition) is 2. The van der Waals surface area contributed by atoms with Crippen LogP contribution in [0.1, 0.15) is 37.8 Å². The average Bonchev–Trinajstić information content (AvgIpc) is 2.83. The second-order valence-corrected chi connectivity index (χ2v) is 8.65. The largest absolute Gasteiger partial charge is 0.508 e. The lowest BCUT2D eigenvalue weighted by atomic mass is 10.0. The third-order valence-electron chi connectivity index (χ3n) is 6.18. The molecule has 1 aromatic heterocycles. The van der Waals surface area contributed by atoms with E-state index in [-0.39, 0.29) is 23.6 Å². The predicted molar refractivity (Wildman–Crippen MR) is 132 cm³/mol. The number of carbonyl (C=O) groups is 2. The van der Waals surface area contributed by atoms with Crippen LogP contribution in [0.2, 0.25) is 0 Å². The Hall–Kier alpha value is -3.94. The summed E-state index contributed by atoms with van der Waals surface area (Å²) in [5.74, 6) is 0.361. The number of aromatic nitrogens is 2. The standard InChI is InChI=1S/C26H29N5O3/c1-3-4-23-26(34)30(15-19-7-11-21-22(13-19)28-16-29-25(21)27)17(2)14-31(23)24(33)12-8-18-5-9-20(32)10-6-18/h5-13,16-17,23,32H,3-4,14-15H2,1-2H3,(H2,27,28,29)/t17-,23+/m0/s1. The molecule has 34 heavy (non-hydrogen) atoms. The van der Waals surface area contributed by atoms with Gasteiger partial charge in [0.25, 0.3) is 0 Å². The summed E-state index contributed by atoms with van der Waals surface area (Å²) in [5.41, 5.74) is 8.42. The van der Waals surface area contributed by atoms with Crippen molar-refractivity contribution in [3.63, 3.8) is 0 Å². The highest BCUT2D eigenvalue weighted by molar-refractivity contribution is 5.96. The fourth-order valence-electron chi connectivity index (χ4n) is 4.35. The van der Waals surface area contributed by atoms with E-state index in [9.17, 15) is 14.7 Å². The van der Waals surface area contributed by atoms with Crippen LogP contribution >= 0.6 is 0 Å². The maximum atomic E-state index is 13.5. The number of rotatable bonds is 6. The van der Waals surface area contributed by atoms with Crippen LogP contribution in [0.4, 0.5) is 5.82 Å². The number of fused-ring (bicyclic) bond motifs is 1. The van der Waals surface area contributed by atoms with Gasteiger partial charge >= 0.3 is 0 Å². The number of carbonyl (C=O) groups excluding carboxylic acids is 2. The SMILES string of the molecule is CCC[C@@H]1C(=O)N(Cc2ccc3c(N)ncnc3c2)[C@@H](C)CN1C(=O)C=Cc1ccc(O)cc1. The molecule has 176 valence electrons. The maximum absolute atomic E-state index is 13.5. The van der Waals surface area contributed by atoms with E-state index < -0.39 is 6.04 Å². The summed E-state index contributed by atoms with van der Waals surface area (Å²) in [7, 11) is 0. The lowest BCUT2D eigenvalue weighted by molar-refractivity contribution is -0.153. The number of aromatic hydroxyl groups is 1. The summed E-state index contributed by atoms with van der Waals surface area (Å²) in [6, 6.07) is 11.7. The van der Waals surface area contributed by atoms with Crippen LogP contribution in [0, 0.1) is 0 Å². The highest BCUT2D eigenvalue weighted by Crippen LogP contribution is 2.25. The molecule has 1 saturated heterocycles. The molecule has 2 amide bonds. The molecule has 0 radical (unpaired) electrons. The van der Waals surface area contributed by atoms with Crippen molar-refractivity contribution in [2.24, 2.45) is 0 Å². The number of nitrogens with zero attached hydrogens (tertiary/aromatic N) is 4. The van der Waals surface area contributed by atoms with Gasteiger partial charge in [0.15, 0.2) is 0 Å². The second-order valence-electron chi connectivity index (χ2n) is 8.65. The summed E-state index contributed by atoms with van der Waals surface area (Å²) < 4.78 is 0. The van der Waals surface area contributed by atoms with E-state index in [1.54, 1.807) is 35.2 Å². The number of phenolic OH excluding ortho intramolecular Hbond substituents is 1. The van der Waals surface area contributed by atoms with Crippen molar-refractivity contribution in [2.75, 3.05) is 12.3 Å². The van der Waals surface area contributed by atoms with Gasteiger partial charge < -0.3 is 20.6 Å². The monoisotopic (exact) mass is 459 g/mol. The Morgan fingerprint density at radius 3 is 2.71 bits per heavy atom. The van der Waals surface area contributed by atoms with Crippen molar-refractivity contribution in [1.29, 1.82) is 0 Å². The zero-order valence-electron chi connectivity index (χ0n) is 19.4. The van der Waals surface area contributed by atoms with Crippen LogP contribution < -0.4 is 5.73 Å². The fraction of sp³-hybridized carbons (Fsp3) is 0.308. The van der Waals surface area contributed by atoms with E-state index in [1.165, 1.54) is 12.4 Å². The molecule has 1 fully saturated rings. The first-order valence-electron chi connectivity index (χ1n) is 11.4. The van der Waals surface area contributed by atoms with Crippen molar-refractivity contribution in [2.45, 2.75) is 45.3 Å².